The van der Waals surface area contributed by atoms with E-state index in [-0.39, 0.29) is 17.6 Å². The lowest BCUT2D eigenvalue weighted by molar-refractivity contribution is -0.118. The van der Waals surface area contributed by atoms with Crippen molar-refractivity contribution in [1.82, 2.24) is 10.2 Å². The van der Waals surface area contributed by atoms with E-state index in [1.807, 2.05) is 45.3 Å². The Morgan fingerprint density at radius 2 is 2.00 bits per heavy atom. The Morgan fingerprint density at radius 1 is 1.23 bits per heavy atom. The number of carbonyl (C=O) groups is 2. The van der Waals surface area contributed by atoms with Crippen LogP contribution in [-0.2, 0) is 9.59 Å². The summed E-state index contributed by atoms with van der Waals surface area (Å²) in [5.41, 5.74) is 2.58. The third-order valence-electron chi connectivity index (χ3n) is 4.47. The maximum Gasteiger partial charge on any atom is 0.291 e. The molecule has 0 saturated carbocycles. The van der Waals surface area contributed by atoms with Gasteiger partial charge in [-0.05, 0) is 48.9 Å². The predicted molar refractivity (Wildman–Crippen MR) is 117 cm³/mol. The highest BCUT2D eigenvalue weighted by atomic mass is 16.5. The molecule has 2 N–H and O–H groups in total. The number of para-hydroxylation sites is 2. The molecule has 0 aromatic heterocycles. The molecule has 0 atom stereocenters. The summed E-state index contributed by atoms with van der Waals surface area (Å²) in [6.07, 6.45) is 3.41. The molecule has 0 fully saturated rings. The van der Waals surface area contributed by atoms with Crippen LogP contribution in [0.5, 0.6) is 11.5 Å². The van der Waals surface area contributed by atoms with Crippen molar-refractivity contribution in [1.29, 1.82) is 0 Å². The van der Waals surface area contributed by atoms with Gasteiger partial charge in [0.1, 0.15) is 11.4 Å². The summed E-state index contributed by atoms with van der Waals surface area (Å²) in [5, 5.41) is 5.62. The number of amides is 2. The van der Waals surface area contributed by atoms with Crippen LogP contribution in [-0.4, -0.2) is 44.5 Å². The number of fused-ring (bicyclic) bond motifs is 1. The molecule has 0 spiro atoms. The number of methoxy groups -OCH3 is 1. The average Bonchev–Trinajstić information content (AvgIpc) is 2.72. The Balaban J connectivity index is 1.99. The Morgan fingerprint density at radius 3 is 2.70 bits per heavy atom. The minimum absolute atomic E-state index is 0.157. The fourth-order valence-electron chi connectivity index (χ4n) is 3.01. The zero-order valence-electron chi connectivity index (χ0n) is 17.5. The number of carbonyl (C=O) groups excluding carboxylic acids is 2. The second-order valence-electron chi connectivity index (χ2n) is 6.85. The van der Waals surface area contributed by atoms with E-state index in [1.54, 1.807) is 42.4 Å². The molecule has 1 aliphatic rings. The maximum absolute atomic E-state index is 12.5. The molecular formula is C23H25N3O4. The Hall–Kier alpha value is -3.74. The van der Waals surface area contributed by atoms with Crippen molar-refractivity contribution in [2.45, 2.75) is 6.92 Å². The van der Waals surface area contributed by atoms with E-state index in [1.165, 1.54) is 0 Å². The number of nitrogens with one attached hydrogen (secondary N) is 2. The van der Waals surface area contributed by atoms with Gasteiger partial charge in [0, 0.05) is 26.2 Å². The topological polar surface area (TPSA) is 79.9 Å². The van der Waals surface area contributed by atoms with Crippen molar-refractivity contribution in [2.24, 2.45) is 0 Å². The minimum Gasteiger partial charge on any atom is -0.496 e. The second-order valence-corrected chi connectivity index (χ2v) is 6.85. The first-order valence-electron chi connectivity index (χ1n) is 9.58. The Kier molecular flexibility index (Phi) is 6.41. The van der Waals surface area contributed by atoms with Crippen molar-refractivity contribution in [3.63, 3.8) is 0 Å². The SMILES string of the molecule is CCNC(=O)/C(=C\c1ccc(OC)c(/C=C2\Oc3ccccc3NC2=O)c1)N(C)C. The van der Waals surface area contributed by atoms with Gasteiger partial charge in [0.15, 0.2) is 11.5 Å². The van der Waals surface area contributed by atoms with Gasteiger partial charge in [-0.25, -0.2) is 0 Å². The number of nitrogens with zero attached hydrogens (tertiary/aromatic N) is 1. The number of benzene rings is 2. The minimum atomic E-state index is -0.340. The summed E-state index contributed by atoms with van der Waals surface area (Å²) < 4.78 is 11.2. The number of rotatable bonds is 6. The number of ether oxygens (including phenoxy) is 2. The molecule has 0 unspecified atom stereocenters. The molecule has 1 aliphatic heterocycles. The molecule has 156 valence electrons. The predicted octanol–water partition coefficient (Wildman–Crippen LogP) is 3.11. The van der Waals surface area contributed by atoms with Gasteiger partial charge in [0.25, 0.3) is 11.8 Å². The first kappa shape index (κ1) is 21.0. The van der Waals surface area contributed by atoms with Crippen molar-refractivity contribution >= 4 is 29.7 Å². The van der Waals surface area contributed by atoms with E-state index in [9.17, 15) is 9.59 Å². The van der Waals surface area contributed by atoms with Crippen LogP contribution in [0.25, 0.3) is 12.2 Å². The van der Waals surface area contributed by atoms with Crippen LogP contribution in [0.1, 0.15) is 18.1 Å². The number of likely N-dealkylation sites (N-methyl/N-ethyl adjacent to an activating group) is 2. The first-order valence-corrected chi connectivity index (χ1v) is 9.58. The van der Waals surface area contributed by atoms with Crippen LogP contribution < -0.4 is 20.1 Å². The molecule has 7 nitrogen and oxygen atoms in total. The van der Waals surface area contributed by atoms with Gasteiger partial charge in [-0.3, -0.25) is 9.59 Å². The van der Waals surface area contributed by atoms with Crippen molar-refractivity contribution in [2.75, 3.05) is 33.1 Å². The summed E-state index contributed by atoms with van der Waals surface area (Å²) in [6, 6.07) is 12.7. The van der Waals surface area contributed by atoms with Gasteiger partial charge in [0.2, 0.25) is 0 Å². The third-order valence-corrected chi connectivity index (χ3v) is 4.47. The highest BCUT2D eigenvalue weighted by molar-refractivity contribution is 6.08. The normalized spacial score (nSPS) is 14.5. The van der Waals surface area contributed by atoms with Gasteiger partial charge in [-0.1, -0.05) is 18.2 Å². The van der Waals surface area contributed by atoms with E-state index in [2.05, 4.69) is 10.6 Å². The monoisotopic (exact) mass is 407 g/mol. The fraction of sp³-hybridized carbons (Fsp3) is 0.217. The molecule has 0 bridgehead atoms. The van der Waals surface area contributed by atoms with E-state index in [4.69, 9.17) is 9.47 Å². The van der Waals surface area contributed by atoms with Crippen molar-refractivity contribution in [3.05, 3.63) is 65.0 Å². The van der Waals surface area contributed by atoms with Gasteiger partial charge in [0.05, 0.1) is 12.8 Å². The standard InChI is InChI=1S/C23H25N3O4/c1-5-24-22(27)18(26(2)3)13-15-10-11-19(29-4)16(12-15)14-21-23(28)25-17-8-6-7-9-20(17)30-21/h6-14H,5H2,1-4H3,(H,24,27)(H,25,28)/b18-13+,21-14-. The van der Waals surface area contributed by atoms with Crippen LogP contribution in [0.4, 0.5) is 5.69 Å². The average molecular weight is 407 g/mol. The molecule has 0 saturated heterocycles. The van der Waals surface area contributed by atoms with Crippen LogP contribution in [0, 0.1) is 0 Å². The lowest BCUT2D eigenvalue weighted by Gasteiger charge is -2.20. The maximum atomic E-state index is 12.5. The summed E-state index contributed by atoms with van der Waals surface area (Å²) in [4.78, 5) is 26.6. The summed E-state index contributed by atoms with van der Waals surface area (Å²) in [6.45, 7) is 2.41. The first-order chi connectivity index (χ1) is 14.4. The molecule has 2 aromatic carbocycles. The lowest BCUT2D eigenvalue weighted by Crippen LogP contribution is -2.30. The molecule has 7 heteroatoms. The molecular weight excluding hydrogens is 382 g/mol. The smallest absolute Gasteiger partial charge is 0.291 e. The van der Waals surface area contributed by atoms with Gasteiger partial charge >= 0.3 is 0 Å². The molecule has 2 amide bonds. The molecule has 0 radical (unpaired) electrons. The quantitative estimate of drug-likeness (QED) is 0.720. The number of hydrogen-bond donors (Lipinski definition) is 2. The molecule has 1 heterocycles. The number of anilines is 1. The zero-order valence-corrected chi connectivity index (χ0v) is 17.5. The van der Waals surface area contributed by atoms with Crippen LogP contribution in [0.3, 0.4) is 0 Å². The largest absolute Gasteiger partial charge is 0.496 e. The van der Waals surface area contributed by atoms with Crippen molar-refractivity contribution < 1.29 is 19.1 Å². The summed E-state index contributed by atoms with van der Waals surface area (Å²) in [7, 11) is 5.18. The third kappa shape index (κ3) is 4.63. The Labute approximate surface area is 176 Å². The van der Waals surface area contributed by atoms with E-state index < -0.39 is 0 Å². The molecule has 3 rings (SSSR count). The van der Waals surface area contributed by atoms with E-state index >= 15 is 0 Å². The molecule has 0 aliphatic carbocycles. The molecule has 30 heavy (non-hydrogen) atoms. The van der Waals surface area contributed by atoms with Gasteiger partial charge in [-0.15, -0.1) is 0 Å². The van der Waals surface area contributed by atoms with E-state index in [0.29, 0.717) is 35.0 Å². The fourth-order valence-corrected chi connectivity index (χ4v) is 3.01. The van der Waals surface area contributed by atoms with Gasteiger partial charge in [-0.2, -0.15) is 0 Å². The van der Waals surface area contributed by atoms with E-state index in [0.717, 1.165) is 5.56 Å². The molecule has 2 aromatic rings. The second kappa shape index (κ2) is 9.17. The summed E-state index contributed by atoms with van der Waals surface area (Å²) >= 11 is 0. The summed E-state index contributed by atoms with van der Waals surface area (Å²) in [5.74, 6) is 0.811. The zero-order chi connectivity index (χ0) is 21.7. The Bertz CT molecular complexity index is 1020. The van der Waals surface area contributed by atoms with Crippen LogP contribution >= 0.6 is 0 Å². The van der Waals surface area contributed by atoms with Gasteiger partial charge < -0.3 is 25.0 Å². The highest BCUT2D eigenvalue weighted by Crippen LogP contribution is 2.32. The highest BCUT2D eigenvalue weighted by Gasteiger charge is 2.22. The van der Waals surface area contributed by atoms with Crippen molar-refractivity contribution in [3.8, 4) is 11.5 Å². The van der Waals surface area contributed by atoms with Crippen LogP contribution in [0.15, 0.2) is 53.9 Å². The number of hydrogen-bond acceptors (Lipinski definition) is 5. The van der Waals surface area contributed by atoms with Crippen LogP contribution in [0.2, 0.25) is 0 Å². The lowest BCUT2D eigenvalue weighted by atomic mass is 10.1.